The Morgan fingerprint density at radius 2 is 2.09 bits per heavy atom. The number of carbonyl (C=O) groups is 2. The zero-order valence-corrected chi connectivity index (χ0v) is 18.0. The lowest BCUT2D eigenvalue weighted by Crippen LogP contribution is -2.40. The molecule has 5 N–H and O–H groups in total. The molecule has 11 heteroatoms. The Balaban J connectivity index is 1.42. The Hall–Kier alpha value is -4.51. The lowest BCUT2D eigenvalue weighted by molar-refractivity contribution is -0.118. The van der Waals surface area contributed by atoms with Crippen molar-refractivity contribution in [2.45, 2.75) is 6.04 Å². The first-order chi connectivity index (χ1) is 16.4. The summed E-state index contributed by atoms with van der Waals surface area (Å²) in [7, 11) is 1.81. The number of carbonyl (C=O) groups excluding carboxylic acids is 2. The van der Waals surface area contributed by atoms with Crippen molar-refractivity contribution in [2.24, 2.45) is 17.9 Å². The first kappa shape index (κ1) is 21.3. The third kappa shape index (κ3) is 3.99. The number of aromatic amines is 1. The fourth-order valence-electron chi connectivity index (χ4n) is 3.76. The molecule has 2 aromatic carbocycles. The molecule has 1 atom stereocenters. The van der Waals surface area contributed by atoms with Gasteiger partial charge in [-0.1, -0.05) is 0 Å². The van der Waals surface area contributed by atoms with Crippen molar-refractivity contribution in [2.75, 3.05) is 11.9 Å². The Bertz CT molecular complexity index is 1440. The molecule has 2 aromatic heterocycles. The molecule has 0 fully saturated rings. The average molecular weight is 461 g/mol. The van der Waals surface area contributed by atoms with Crippen molar-refractivity contribution in [3.05, 3.63) is 65.7 Å². The molecule has 2 amide bonds. The molecule has 10 nitrogen and oxygen atoms in total. The molecule has 0 saturated heterocycles. The van der Waals surface area contributed by atoms with E-state index in [2.05, 4.69) is 25.9 Å². The highest BCUT2D eigenvalue weighted by Gasteiger charge is 2.23. The summed E-state index contributed by atoms with van der Waals surface area (Å²) in [6.45, 7) is -0.112. The highest BCUT2D eigenvalue weighted by Crippen LogP contribution is 2.34. The molecule has 0 aliphatic carbocycles. The van der Waals surface area contributed by atoms with Crippen molar-refractivity contribution in [3.63, 3.8) is 0 Å². The summed E-state index contributed by atoms with van der Waals surface area (Å²) in [5.41, 5.74) is 12.1. The largest absolute Gasteiger partial charge is 0.491 e. The fourth-order valence-corrected chi connectivity index (χ4v) is 3.76. The minimum absolute atomic E-state index is 0.112. The fraction of sp³-hybridized carbons (Fsp3) is 0.130. The summed E-state index contributed by atoms with van der Waals surface area (Å²) in [5.74, 6) is -0.904. The standard InChI is InChI=1S/C23H20FN7O3/c1-31-10-12(8-27-31)21-17-9-26-30-22(32)16-6-14(7-19(29-21)20(16)17)28-23(33)18(25)11-34-15-4-2-13(24)3-5-15/h2-10,18,29H,11,25H2,1H3,(H,28,33)(H,30,32)/t18-/m1/s1. The number of anilines is 1. The van der Waals surface area contributed by atoms with E-state index in [1.165, 1.54) is 24.3 Å². The van der Waals surface area contributed by atoms with Gasteiger partial charge in [0.1, 0.15) is 24.2 Å². The van der Waals surface area contributed by atoms with Crippen LogP contribution in [0.4, 0.5) is 10.1 Å². The number of aromatic nitrogens is 3. The number of nitrogens with zero attached hydrogens (tertiary/aromatic N) is 3. The van der Waals surface area contributed by atoms with E-state index in [4.69, 9.17) is 10.5 Å². The van der Waals surface area contributed by atoms with Crippen LogP contribution < -0.4 is 21.2 Å². The van der Waals surface area contributed by atoms with Crippen LogP contribution in [0.5, 0.6) is 5.75 Å². The van der Waals surface area contributed by atoms with Gasteiger partial charge in [-0.25, -0.2) is 9.82 Å². The van der Waals surface area contributed by atoms with Gasteiger partial charge < -0.3 is 20.8 Å². The van der Waals surface area contributed by atoms with E-state index in [1.54, 1.807) is 29.2 Å². The van der Waals surface area contributed by atoms with E-state index < -0.39 is 23.7 Å². The number of rotatable bonds is 6. The number of halogens is 1. The maximum Gasteiger partial charge on any atom is 0.272 e. The number of amides is 2. The molecule has 3 heterocycles. The highest BCUT2D eigenvalue weighted by atomic mass is 19.1. The van der Waals surface area contributed by atoms with Crippen molar-refractivity contribution in [3.8, 4) is 17.0 Å². The summed E-state index contributed by atoms with van der Waals surface area (Å²) < 4.78 is 20.2. The van der Waals surface area contributed by atoms with E-state index in [0.29, 0.717) is 27.9 Å². The number of ether oxygens (including phenoxy) is 1. The highest BCUT2D eigenvalue weighted by molar-refractivity contribution is 6.18. The normalized spacial score (nSPS) is 13.4. The molecule has 4 aromatic rings. The van der Waals surface area contributed by atoms with Crippen LogP contribution in [0.15, 0.2) is 53.9 Å². The third-order valence-electron chi connectivity index (χ3n) is 5.38. The van der Waals surface area contributed by atoms with E-state index in [9.17, 15) is 14.0 Å². The minimum atomic E-state index is -0.998. The number of aryl methyl sites for hydroxylation is 1. The van der Waals surface area contributed by atoms with Crippen LogP contribution in [0.2, 0.25) is 0 Å². The average Bonchev–Trinajstić information content (AvgIpc) is 3.36. The van der Waals surface area contributed by atoms with Gasteiger partial charge >= 0.3 is 0 Å². The van der Waals surface area contributed by atoms with E-state index in [1.807, 2.05) is 13.2 Å². The number of benzene rings is 2. The van der Waals surface area contributed by atoms with Crippen LogP contribution in [0.1, 0.15) is 15.9 Å². The molecule has 5 rings (SSSR count). The van der Waals surface area contributed by atoms with Crippen molar-refractivity contribution >= 4 is 34.6 Å². The summed E-state index contributed by atoms with van der Waals surface area (Å²) in [5, 5.41) is 11.6. The van der Waals surface area contributed by atoms with Gasteiger partial charge in [-0.3, -0.25) is 14.3 Å². The topological polar surface area (TPSA) is 139 Å². The zero-order chi connectivity index (χ0) is 23.8. The van der Waals surface area contributed by atoms with Crippen molar-refractivity contribution < 1.29 is 18.7 Å². The number of nitrogens with one attached hydrogen (secondary N) is 3. The molecule has 0 radical (unpaired) electrons. The van der Waals surface area contributed by atoms with Gasteiger partial charge in [0, 0.05) is 41.0 Å². The van der Waals surface area contributed by atoms with E-state index >= 15 is 0 Å². The van der Waals surface area contributed by atoms with Crippen LogP contribution in [-0.2, 0) is 11.8 Å². The van der Waals surface area contributed by atoms with Crippen molar-refractivity contribution in [1.29, 1.82) is 0 Å². The molecule has 1 aliphatic heterocycles. The summed E-state index contributed by atoms with van der Waals surface area (Å²) >= 11 is 0. The van der Waals surface area contributed by atoms with E-state index in [-0.39, 0.29) is 6.61 Å². The molecule has 0 bridgehead atoms. The van der Waals surface area contributed by atoms with Gasteiger partial charge in [0.2, 0.25) is 5.91 Å². The molecule has 0 unspecified atom stereocenters. The molecule has 1 aliphatic rings. The quantitative estimate of drug-likeness (QED) is 0.348. The second-order valence-corrected chi connectivity index (χ2v) is 7.82. The zero-order valence-electron chi connectivity index (χ0n) is 18.0. The molecule has 34 heavy (non-hydrogen) atoms. The Kier molecular flexibility index (Phi) is 5.30. The number of hydrazone groups is 1. The van der Waals surface area contributed by atoms with Crippen LogP contribution >= 0.6 is 0 Å². The number of nitrogens with two attached hydrogens (primary N) is 1. The molecule has 172 valence electrons. The van der Waals surface area contributed by atoms with Gasteiger partial charge in [-0.05, 0) is 36.4 Å². The Labute approximate surface area is 192 Å². The van der Waals surface area contributed by atoms with Gasteiger partial charge in [-0.15, -0.1) is 0 Å². The SMILES string of the molecule is Cn1cc(-c2[nH]c3cc(NC(=O)[C@H](N)COc4ccc(F)cc4)cc4c3c2C=NNC4=O)cn1. The minimum Gasteiger partial charge on any atom is -0.491 e. The third-order valence-corrected chi connectivity index (χ3v) is 5.38. The number of hydrogen-bond donors (Lipinski definition) is 4. The summed E-state index contributed by atoms with van der Waals surface area (Å²) in [4.78, 5) is 28.6. The lowest BCUT2D eigenvalue weighted by Gasteiger charge is -2.14. The van der Waals surface area contributed by atoms with Gasteiger partial charge in [0.15, 0.2) is 0 Å². The summed E-state index contributed by atoms with van der Waals surface area (Å²) in [6, 6.07) is 7.70. The lowest BCUT2D eigenvalue weighted by atomic mass is 10.0. The monoisotopic (exact) mass is 461 g/mol. The Morgan fingerprint density at radius 3 is 2.82 bits per heavy atom. The first-order valence-electron chi connectivity index (χ1n) is 10.4. The molecular formula is C23H20FN7O3. The number of hydrogen-bond acceptors (Lipinski definition) is 6. The van der Waals surface area contributed by atoms with Crippen LogP contribution in [0.25, 0.3) is 22.2 Å². The number of H-pyrrole nitrogens is 1. The van der Waals surface area contributed by atoms with E-state index in [0.717, 1.165) is 16.8 Å². The maximum atomic E-state index is 13.0. The Morgan fingerprint density at radius 1 is 1.29 bits per heavy atom. The second-order valence-electron chi connectivity index (χ2n) is 7.82. The second kappa shape index (κ2) is 8.45. The first-order valence-corrected chi connectivity index (χ1v) is 10.4. The molecule has 0 spiro atoms. The van der Waals surface area contributed by atoms with Gasteiger partial charge in [-0.2, -0.15) is 10.2 Å². The smallest absolute Gasteiger partial charge is 0.272 e. The van der Waals surface area contributed by atoms with Crippen LogP contribution in [0, 0.1) is 5.82 Å². The molecular weight excluding hydrogens is 441 g/mol. The van der Waals surface area contributed by atoms with Crippen LogP contribution in [0.3, 0.4) is 0 Å². The van der Waals surface area contributed by atoms with Gasteiger partial charge in [0.25, 0.3) is 5.91 Å². The van der Waals surface area contributed by atoms with Crippen molar-refractivity contribution in [1.82, 2.24) is 20.2 Å². The molecule has 0 saturated carbocycles. The predicted molar refractivity (Wildman–Crippen MR) is 124 cm³/mol. The maximum absolute atomic E-state index is 13.0. The summed E-state index contributed by atoms with van der Waals surface area (Å²) in [6.07, 6.45) is 5.13. The van der Waals surface area contributed by atoms with Gasteiger partial charge in [0.05, 0.1) is 23.7 Å². The predicted octanol–water partition coefficient (Wildman–Crippen LogP) is 2.13. The van der Waals surface area contributed by atoms with Crippen LogP contribution in [-0.4, -0.2) is 45.4 Å².